The summed E-state index contributed by atoms with van der Waals surface area (Å²) in [7, 11) is 0. The summed E-state index contributed by atoms with van der Waals surface area (Å²) < 4.78 is 5.22. The molecular formula is C8H10N4O. The van der Waals surface area contributed by atoms with Crippen LogP contribution in [-0.2, 0) is 6.42 Å². The van der Waals surface area contributed by atoms with Crippen molar-refractivity contribution in [2.24, 2.45) is 0 Å². The monoisotopic (exact) mass is 178 g/mol. The summed E-state index contributed by atoms with van der Waals surface area (Å²) in [5.74, 6) is 1.19. The summed E-state index contributed by atoms with van der Waals surface area (Å²) in [6, 6.07) is 1.96. The molecule has 13 heavy (non-hydrogen) atoms. The minimum Gasteiger partial charge on any atom is -0.425 e. The molecule has 68 valence electrons. The number of nitrogens with one attached hydrogen (secondary N) is 1. The average molecular weight is 178 g/mol. The van der Waals surface area contributed by atoms with Gasteiger partial charge in [0.2, 0.25) is 11.8 Å². The Morgan fingerprint density at radius 2 is 2.23 bits per heavy atom. The maximum Gasteiger partial charge on any atom is 0.222 e. The Balaban J connectivity index is 2.14. The molecule has 2 aromatic rings. The highest BCUT2D eigenvalue weighted by molar-refractivity contribution is 5.10. The van der Waals surface area contributed by atoms with E-state index in [2.05, 4.69) is 20.4 Å². The zero-order valence-corrected chi connectivity index (χ0v) is 7.53. The van der Waals surface area contributed by atoms with Crippen LogP contribution in [0.4, 0.5) is 0 Å². The van der Waals surface area contributed by atoms with Gasteiger partial charge in [0, 0.05) is 12.6 Å². The third-order valence-electron chi connectivity index (χ3n) is 1.66. The van der Waals surface area contributed by atoms with Crippen LogP contribution in [0.25, 0.3) is 0 Å². The topological polar surface area (TPSA) is 67.6 Å². The van der Waals surface area contributed by atoms with Crippen LogP contribution in [0.15, 0.2) is 10.5 Å². The smallest absolute Gasteiger partial charge is 0.222 e. The quantitative estimate of drug-likeness (QED) is 0.744. The third-order valence-corrected chi connectivity index (χ3v) is 1.66. The Morgan fingerprint density at radius 3 is 2.77 bits per heavy atom. The van der Waals surface area contributed by atoms with Gasteiger partial charge >= 0.3 is 0 Å². The average Bonchev–Trinajstić information content (AvgIpc) is 2.62. The Kier molecular flexibility index (Phi) is 1.84. The van der Waals surface area contributed by atoms with Gasteiger partial charge in [-0.25, -0.2) is 0 Å². The number of H-pyrrole nitrogens is 1. The van der Waals surface area contributed by atoms with Gasteiger partial charge in [0.25, 0.3) is 0 Å². The van der Waals surface area contributed by atoms with Crippen LogP contribution in [0.2, 0.25) is 0 Å². The summed E-state index contributed by atoms with van der Waals surface area (Å²) in [5.41, 5.74) is 1.95. The number of aryl methyl sites for hydroxylation is 2. The minimum atomic E-state index is 0.585. The molecule has 0 bridgehead atoms. The number of rotatable bonds is 2. The molecular weight excluding hydrogens is 168 g/mol. The number of nitrogens with zero attached hydrogens (tertiary/aromatic N) is 3. The fourth-order valence-electron chi connectivity index (χ4n) is 1.13. The molecule has 0 fully saturated rings. The first-order valence-electron chi connectivity index (χ1n) is 4.04. The first-order valence-corrected chi connectivity index (χ1v) is 4.04. The lowest BCUT2D eigenvalue weighted by Gasteiger charge is -1.86. The van der Waals surface area contributed by atoms with E-state index in [4.69, 9.17) is 4.42 Å². The van der Waals surface area contributed by atoms with Crippen molar-refractivity contribution in [3.8, 4) is 0 Å². The van der Waals surface area contributed by atoms with Gasteiger partial charge in [-0.2, -0.15) is 5.10 Å². The lowest BCUT2D eigenvalue weighted by molar-refractivity contribution is 0.476. The van der Waals surface area contributed by atoms with Gasteiger partial charge in [0.15, 0.2) is 0 Å². The molecule has 2 aromatic heterocycles. The molecule has 0 saturated heterocycles. The molecule has 0 amide bonds. The van der Waals surface area contributed by atoms with Crippen LogP contribution in [0.3, 0.4) is 0 Å². The van der Waals surface area contributed by atoms with Gasteiger partial charge in [-0.3, -0.25) is 5.10 Å². The van der Waals surface area contributed by atoms with Crippen molar-refractivity contribution in [3.05, 3.63) is 29.2 Å². The van der Waals surface area contributed by atoms with E-state index >= 15 is 0 Å². The second-order valence-electron chi connectivity index (χ2n) is 2.93. The van der Waals surface area contributed by atoms with E-state index in [9.17, 15) is 0 Å². The summed E-state index contributed by atoms with van der Waals surface area (Å²) >= 11 is 0. The largest absolute Gasteiger partial charge is 0.425 e. The lowest BCUT2D eigenvalue weighted by Crippen LogP contribution is -1.88. The fourth-order valence-corrected chi connectivity index (χ4v) is 1.13. The molecule has 0 aliphatic heterocycles. The number of aromatic amines is 1. The van der Waals surface area contributed by atoms with Gasteiger partial charge in [0.1, 0.15) is 0 Å². The Hall–Kier alpha value is -1.65. The first kappa shape index (κ1) is 7.97. The highest BCUT2D eigenvalue weighted by Gasteiger charge is 2.05. The minimum absolute atomic E-state index is 0.585. The van der Waals surface area contributed by atoms with Crippen molar-refractivity contribution < 1.29 is 4.42 Å². The van der Waals surface area contributed by atoms with Crippen LogP contribution >= 0.6 is 0 Å². The molecule has 0 aromatic carbocycles. The van der Waals surface area contributed by atoms with Crippen LogP contribution in [0, 0.1) is 13.8 Å². The number of hydrogen-bond donors (Lipinski definition) is 1. The Labute approximate surface area is 75.2 Å². The zero-order chi connectivity index (χ0) is 9.26. The molecule has 0 atom stereocenters. The van der Waals surface area contributed by atoms with Crippen molar-refractivity contribution >= 4 is 0 Å². The van der Waals surface area contributed by atoms with Crippen LogP contribution in [0.5, 0.6) is 0 Å². The molecule has 1 N–H and O–H groups in total. The molecule has 0 aliphatic rings. The maximum atomic E-state index is 5.22. The van der Waals surface area contributed by atoms with Crippen molar-refractivity contribution in [3.63, 3.8) is 0 Å². The molecule has 0 unspecified atom stereocenters. The van der Waals surface area contributed by atoms with E-state index in [1.54, 1.807) is 6.92 Å². The summed E-state index contributed by atoms with van der Waals surface area (Å²) in [6.07, 6.45) is 0.588. The second kappa shape index (κ2) is 3.01. The van der Waals surface area contributed by atoms with Crippen molar-refractivity contribution in [1.29, 1.82) is 0 Å². The number of hydrogen-bond acceptors (Lipinski definition) is 4. The van der Waals surface area contributed by atoms with Gasteiger partial charge < -0.3 is 4.42 Å². The van der Waals surface area contributed by atoms with Crippen LogP contribution in [0.1, 0.15) is 23.2 Å². The van der Waals surface area contributed by atoms with E-state index in [-0.39, 0.29) is 0 Å². The molecule has 5 nitrogen and oxygen atoms in total. The highest BCUT2D eigenvalue weighted by atomic mass is 16.4. The fraction of sp³-hybridized carbons (Fsp3) is 0.375. The van der Waals surface area contributed by atoms with E-state index in [1.165, 1.54) is 0 Å². The molecule has 0 spiro atoms. The second-order valence-corrected chi connectivity index (χ2v) is 2.93. The van der Waals surface area contributed by atoms with E-state index < -0.39 is 0 Å². The maximum absolute atomic E-state index is 5.22. The predicted octanol–water partition coefficient (Wildman–Crippen LogP) is 1.00. The Bertz CT molecular complexity index is 365. The molecule has 2 heterocycles. The predicted molar refractivity (Wildman–Crippen MR) is 45.2 cm³/mol. The van der Waals surface area contributed by atoms with Gasteiger partial charge in [-0.05, 0) is 13.0 Å². The van der Waals surface area contributed by atoms with Crippen molar-refractivity contribution in [2.45, 2.75) is 20.3 Å². The van der Waals surface area contributed by atoms with Crippen LogP contribution in [-0.4, -0.2) is 20.4 Å². The molecule has 0 aliphatic carbocycles. The van der Waals surface area contributed by atoms with Crippen molar-refractivity contribution in [2.75, 3.05) is 0 Å². The normalized spacial score (nSPS) is 10.6. The molecule has 5 heteroatoms. The van der Waals surface area contributed by atoms with E-state index in [0.717, 1.165) is 11.4 Å². The summed E-state index contributed by atoms with van der Waals surface area (Å²) in [4.78, 5) is 0. The first-order chi connectivity index (χ1) is 6.24. The van der Waals surface area contributed by atoms with Crippen LogP contribution < -0.4 is 0 Å². The standard InChI is InChI=1S/C8H10N4O/c1-5-3-7(11-9-5)4-8-12-10-6(2)13-8/h3H,4H2,1-2H3,(H,9,11). The SMILES string of the molecule is Cc1cc(Cc2nnc(C)o2)n[nH]1. The summed E-state index contributed by atoms with van der Waals surface area (Å²) in [5, 5.41) is 14.5. The highest BCUT2D eigenvalue weighted by Crippen LogP contribution is 2.06. The van der Waals surface area contributed by atoms with Gasteiger partial charge in [0.05, 0.1) is 12.1 Å². The van der Waals surface area contributed by atoms with Gasteiger partial charge in [-0.15, -0.1) is 10.2 Å². The third kappa shape index (κ3) is 1.74. The Morgan fingerprint density at radius 1 is 1.38 bits per heavy atom. The zero-order valence-electron chi connectivity index (χ0n) is 7.53. The lowest BCUT2D eigenvalue weighted by atomic mass is 10.3. The summed E-state index contributed by atoms with van der Waals surface area (Å²) in [6.45, 7) is 3.72. The number of aromatic nitrogens is 4. The molecule has 2 rings (SSSR count). The van der Waals surface area contributed by atoms with Gasteiger partial charge in [-0.1, -0.05) is 0 Å². The molecule has 0 radical (unpaired) electrons. The van der Waals surface area contributed by atoms with E-state index in [1.807, 2.05) is 13.0 Å². The van der Waals surface area contributed by atoms with Crippen molar-refractivity contribution in [1.82, 2.24) is 20.4 Å². The molecule has 0 saturated carbocycles. The van der Waals surface area contributed by atoms with E-state index in [0.29, 0.717) is 18.2 Å².